The highest BCUT2D eigenvalue weighted by Gasteiger charge is 2.23. The Labute approximate surface area is 121 Å². The molecule has 0 N–H and O–H groups in total. The Morgan fingerprint density at radius 2 is 1.60 bits per heavy atom. The second kappa shape index (κ2) is 5.92. The fourth-order valence-corrected chi connectivity index (χ4v) is 2.78. The first-order chi connectivity index (χ1) is 9.53. The summed E-state index contributed by atoms with van der Waals surface area (Å²) in [7, 11) is 0. The Kier molecular flexibility index (Phi) is 4.25. The maximum absolute atomic E-state index is 8.85. The zero-order valence-electron chi connectivity index (χ0n) is 12.4. The van der Waals surface area contributed by atoms with Crippen LogP contribution in [0.25, 0.3) is 0 Å². The van der Waals surface area contributed by atoms with E-state index in [2.05, 4.69) is 69.3 Å². The zero-order chi connectivity index (χ0) is 14.6. The molecule has 1 nitrogen and oxygen atoms in total. The number of nitriles is 1. The van der Waals surface area contributed by atoms with Crippen molar-refractivity contribution in [3.05, 3.63) is 71.3 Å². The van der Waals surface area contributed by atoms with E-state index >= 15 is 0 Å². The van der Waals surface area contributed by atoms with Crippen molar-refractivity contribution in [1.29, 1.82) is 5.26 Å². The van der Waals surface area contributed by atoms with Gasteiger partial charge in [-0.05, 0) is 41.0 Å². The number of rotatable bonds is 4. The van der Waals surface area contributed by atoms with E-state index in [4.69, 9.17) is 5.26 Å². The van der Waals surface area contributed by atoms with E-state index in [0.717, 1.165) is 12.0 Å². The Balaban J connectivity index is 2.14. The summed E-state index contributed by atoms with van der Waals surface area (Å²) in [5, 5.41) is 8.85. The molecule has 0 aliphatic heterocycles. The predicted molar refractivity (Wildman–Crippen MR) is 83.7 cm³/mol. The molecular formula is C19H21N. The summed E-state index contributed by atoms with van der Waals surface area (Å²) in [4.78, 5) is 0. The van der Waals surface area contributed by atoms with Crippen LogP contribution in [0.4, 0.5) is 0 Å². The first-order valence-corrected chi connectivity index (χ1v) is 7.08. The van der Waals surface area contributed by atoms with Crippen LogP contribution in [0.15, 0.2) is 54.6 Å². The van der Waals surface area contributed by atoms with Crippen molar-refractivity contribution >= 4 is 0 Å². The second-order valence-electron chi connectivity index (χ2n) is 6.09. The van der Waals surface area contributed by atoms with Crippen LogP contribution in [0.2, 0.25) is 0 Å². The first kappa shape index (κ1) is 14.3. The number of hydrogen-bond donors (Lipinski definition) is 0. The molecule has 20 heavy (non-hydrogen) atoms. The molecule has 0 saturated heterocycles. The van der Waals surface area contributed by atoms with Crippen molar-refractivity contribution in [2.24, 2.45) is 0 Å². The fraction of sp³-hybridized carbons (Fsp3) is 0.316. The van der Waals surface area contributed by atoms with Crippen LogP contribution in [-0.4, -0.2) is 0 Å². The minimum Gasteiger partial charge on any atom is -0.192 e. The normalized spacial score (nSPS) is 12.7. The quantitative estimate of drug-likeness (QED) is 0.759. The molecule has 0 aliphatic carbocycles. The van der Waals surface area contributed by atoms with Gasteiger partial charge >= 0.3 is 0 Å². The lowest BCUT2D eigenvalue weighted by molar-refractivity contribution is 0.438. The third-order valence-corrected chi connectivity index (χ3v) is 3.98. The van der Waals surface area contributed by atoms with E-state index < -0.39 is 0 Å². The Hall–Kier alpha value is -2.07. The topological polar surface area (TPSA) is 23.8 Å². The van der Waals surface area contributed by atoms with Gasteiger partial charge < -0.3 is 0 Å². The van der Waals surface area contributed by atoms with Gasteiger partial charge in [0.1, 0.15) is 0 Å². The minimum atomic E-state index is 0.147. The van der Waals surface area contributed by atoms with Gasteiger partial charge in [0.25, 0.3) is 0 Å². The molecule has 0 radical (unpaired) electrons. The molecule has 1 unspecified atom stereocenters. The molecule has 102 valence electrons. The van der Waals surface area contributed by atoms with Gasteiger partial charge in [0.05, 0.1) is 11.6 Å². The number of benzene rings is 2. The van der Waals surface area contributed by atoms with E-state index in [1.54, 1.807) is 0 Å². The summed E-state index contributed by atoms with van der Waals surface area (Å²) in [6.07, 6.45) is 1.09. The fourth-order valence-electron chi connectivity index (χ4n) is 2.78. The van der Waals surface area contributed by atoms with Crippen LogP contribution in [-0.2, 0) is 5.41 Å². The highest BCUT2D eigenvalue weighted by molar-refractivity contribution is 5.33. The lowest BCUT2D eigenvalue weighted by atomic mass is 9.76. The molecule has 2 aromatic rings. The molecular weight excluding hydrogens is 242 g/mol. The average Bonchev–Trinajstić information content (AvgIpc) is 2.48. The average molecular weight is 263 g/mol. The largest absolute Gasteiger partial charge is 0.192 e. The number of hydrogen-bond acceptors (Lipinski definition) is 1. The highest BCUT2D eigenvalue weighted by atomic mass is 14.3. The maximum Gasteiger partial charge on any atom is 0.0991 e. The zero-order valence-corrected chi connectivity index (χ0v) is 12.4. The lowest BCUT2D eigenvalue weighted by Gasteiger charge is -2.29. The SMILES string of the molecule is CC(CC(C)(C)c1ccccc1)c1ccc(C#N)cc1. The molecule has 0 aromatic heterocycles. The summed E-state index contributed by atoms with van der Waals surface area (Å²) >= 11 is 0. The van der Waals surface area contributed by atoms with Crippen LogP contribution < -0.4 is 0 Å². The third-order valence-electron chi connectivity index (χ3n) is 3.98. The molecule has 0 saturated carbocycles. The van der Waals surface area contributed by atoms with Gasteiger partial charge in [-0.1, -0.05) is 63.2 Å². The van der Waals surface area contributed by atoms with Gasteiger partial charge in [0.15, 0.2) is 0 Å². The van der Waals surface area contributed by atoms with Gasteiger partial charge in [-0.3, -0.25) is 0 Å². The van der Waals surface area contributed by atoms with Crippen LogP contribution in [0.1, 0.15) is 49.8 Å². The molecule has 1 heteroatoms. The molecule has 1 atom stereocenters. The lowest BCUT2D eigenvalue weighted by Crippen LogP contribution is -2.19. The van der Waals surface area contributed by atoms with E-state index in [1.165, 1.54) is 11.1 Å². The smallest absolute Gasteiger partial charge is 0.0991 e. The monoisotopic (exact) mass is 263 g/mol. The summed E-state index contributed by atoms with van der Waals surface area (Å²) in [6, 6.07) is 20.8. The summed E-state index contributed by atoms with van der Waals surface area (Å²) < 4.78 is 0. The van der Waals surface area contributed by atoms with E-state index in [9.17, 15) is 0 Å². The van der Waals surface area contributed by atoms with Crippen LogP contribution in [0, 0.1) is 11.3 Å². The molecule has 0 aliphatic rings. The molecule has 0 amide bonds. The van der Waals surface area contributed by atoms with Crippen LogP contribution in [0.3, 0.4) is 0 Å². The summed E-state index contributed by atoms with van der Waals surface area (Å²) in [5.41, 5.74) is 3.55. The molecule has 2 rings (SSSR count). The van der Waals surface area contributed by atoms with Crippen LogP contribution >= 0.6 is 0 Å². The van der Waals surface area contributed by atoms with Gasteiger partial charge in [0.2, 0.25) is 0 Å². The van der Waals surface area contributed by atoms with Crippen molar-refractivity contribution in [2.45, 2.75) is 38.5 Å². The van der Waals surface area contributed by atoms with Gasteiger partial charge in [-0.25, -0.2) is 0 Å². The molecule has 0 bridgehead atoms. The Morgan fingerprint density at radius 3 is 2.15 bits per heavy atom. The highest BCUT2D eigenvalue weighted by Crippen LogP contribution is 2.34. The second-order valence-corrected chi connectivity index (χ2v) is 6.09. The van der Waals surface area contributed by atoms with Gasteiger partial charge in [0, 0.05) is 0 Å². The third kappa shape index (κ3) is 3.27. The standard InChI is InChI=1S/C19H21N/c1-15(17-11-9-16(14-20)10-12-17)13-19(2,3)18-7-5-4-6-8-18/h4-12,15H,13H2,1-3H3. The Morgan fingerprint density at radius 1 is 1.00 bits per heavy atom. The molecule has 2 aromatic carbocycles. The van der Waals surface area contributed by atoms with Crippen molar-refractivity contribution < 1.29 is 0 Å². The summed E-state index contributed by atoms with van der Waals surface area (Å²) in [6.45, 7) is 6.84. The van der Waals surface area contributed by atoms with E-state index in [1.807, 2.05) is 12.1 Å². The van der Waals surface area contributed by atoms with Crippen molar-refractivity contribution in [1.82, 2.24) is 0 Å². The van der Waals surface area contributed by atoms with Crippen molar-refractivity contribution in [3.8, 4) is 6.07 Å². The molecule has 0 heterocycles. The first-order valence-electron chi connectivity index (χ1n) is 7.08. The predicted octanol–water partition coefficient (Wildman–Crippen LogP) is 5.03. The maximum atomic E-state index is 8.85. The van der Waals surface area contributed by atoms with Crippen molar-refractivity contribution in [2.75, 3.05) is 0 Å². The minimum absolute atomic E-state index is 0.147. The summed E-state index contributed by atoms with van der Waals surface area (Å²) in [5.74, 6) is 0.470. The van der Waals surface area contributed by atoms with Gasteiger partial charge in [-0.15, -0.1) is 0 Å². The Bertz CT molecular complexity index is 588. The molecule has 0 fully saturated rings. The van der Waals surface area contributed by atoms with E-state index in [0.29, 0.717) is 5.92 Å². The van der Waals surface area contributed by atoms with Crippen molar-refractivity contribution in [3.63, 3.8) is 0 Å². The molecule has 0 spiro atoms. The van der Waals surface area contributed by atoms with Crippen LogP contribution in [0.5, 0.6) is 0 Å². The number of nitrogens with zero attached hydrogens (tertiary/aromatic N) is 1. The van der Waals surface area contributed by atoms with Gasteiger partial charge in [-0.2, -0.15) is 5.26 Å². The van der Waals surface area contributed by atoms with E-state index in [-0.39, 0.29) is 5.41 Å².